The molecule has 2 aromatic carbocycles. The number of nitrogens with two attached hydrogens (primary N) is 2. The molecule has 0 bridgehead atoms. The van der Waals surface area contributed by atoms with Crippen molar-refractivity contribution in [2.24, 2.45) is 0 Å². The first-order valence-electron chi connectivity index (χ1n) is 26.3. The summed E-state index contributed by atoms with van der Waals surface area (Å²) in [5.74, 6) is -0.778. The Bertz CT molecular complexity index is 2680. The minimum Gasteiger partial charge on any atom is -0.400 e. The first-order chi connectivity index (χ1) is 38.5. The molecule has 0 aliphatic carbocycles. The third-order valence-electron chi connectivity index (χ3n) is 10.8. The maximum absolute atomic E-state index is 12.8. The van der Waals surface area contributed by atoms with Gasteiger partial charge in [0.1, 0.15) is 12.6 Å². The number of nitrogen functional groups attached to an aromatic ring is 2. The average Bonchev–Trinajstić information content (AvgIpc) is 4.22. The number of hydrogen-bond donors (Lipinski definition) is 11. The summed E-state index contributed by atoms with van der Waals surface area (Å²) in [6.45, 7) is 16.0. The topological polar surface area (TPSA) is 364 Å². The fraction of sp³-hybridized carbons (Fsp3) is 0.491. The van der Waals surface area contributed by atoms with Gasteiger partial charge < -0.3 is 53.3 Å². The molecule has 7 amide bonds. The van der Waals surface area contributed by atoms with Gasteiger partial charge >= 0.3 is 0 Å². The minimum atomic E-state index is -0.509. The Labute approximate surface area is 482 Å². The number of aromatic amines is 1. The minimum absolute atomic E-state index is 0.0167. The number of halogens is 1. The maximum Gasteiger partial charge on any atom is 0.261 e. The maximum atomic E-state index is 12.8. The van der Waals surface area contributed by atoms with E-state index in [9.17, 15) is 33.6 Å². The van der Waals surface area contributed by atoms with Gasteiger partial charge in [-0.15, -0.1) is 21.5 Å². The number of aliphatic hydroxyl groups is 1. The third-order valence-corrected chi connectivity index (χ3v) is 12.7. The van der Waals surface area contributed by atoms with Crippen LogP contribution in [0.2, 0.25) is 5.02 Å². The highest BCUT2D eigenvalue weighted by Crippen LogP contribution is 2.32. The van der Waals surface area contributed by atoms with Crippen molar-refractivity contribution in [2.75, 3.05) is 55.4 Å². The number of H-pyrrole nitrogens is 1. The van der Waals surface area contributed by atoms with E-state index in [1.165, 1.54) is 48.3 Å². The number of imide groups is 1. The van der Waals surface area contributed by atoms with E-state index >= 15 is 0 Å². The number of amides is 7. The predicted molar refractivity (Wildman–Crippen MR) is 318 cm³/mol. The molecule has 27 heteroatoms. The van der Waals surface area contributed by atoms with E-state index in [-0.39, 0.29) is 72.0 Å². The summed E-state index contributed by atoms with van der Waals surface area (Å²) in [6, 6.07) is 12.0. The van der Waals surface area contributed by atoms with Crippen molar-refractivity contribution in [3.63, 3.8) is 0 Å². The van der Waals surface area contributed by atoms with E-state index in [0.717, 1.165) is 24.1 Å². The molecule has 440 valence electrons. The van der Waals surface area contributed by atoms with Crippen LogP contribution in [0.15, 0.2) is 42.5 Å². The van der Waals surface area contributed by atoms with Crippen LogP contribution in [0.5, 0.6) is 0 Å². The molecule has 1 atom stereocenters. The van der Waals surface area contributed by atoms with Crippen LogP contribution >= 0.6 is 35.6 Å². The van der Waals surface area contributed by atoms with Gasteiger partial charge in [-0.05, 0) is 86.7 Å². The SMILES string of the molecule is C=O.CC(C)NC(=O)CNC(=O)CCCCCN1C(=O)CC(S)C1=O.CCC.CCCCCC.CO.Nc1nc(N)c2c(Cl)c(CNc3ccc(C(=O)NCCCCNC(=O)c4ccc(NC=O)cc4-c4nn[nH]n4)s3)ccc2n1. The number of anilines is 4. The number of nitrogens with one attached hydrogen (secondary N) is 7. The number of thiophene rings is 1. The van der Waals surface area contributed by atoms with Gasteiger partial charge in [0, 0.05) is 63.4 Å². The quantitative estimate of drug-likeness (QED) is 0.0129. The molecular formula is C53H80ClN15O9S2. The molecule has 1 aliphatic heterocycles. The Balaban J connectivity index is 0.000000742. The summed E-state index contributed by atoms with van der Waals surface area (Å²) < 4.78 is 0. The van der Waals surface area contributed by atoms with Crippen molar-refractivity contribution >= 4 is 118 Å². The lowest BCUT2D eigenvalue weighted by Crippen LogP contribution is -2.39. The summed E-state index contributed by atoms with van der Waals surface area (Å²) >= 11 is 11.9. The highest BCUT2D eigenvalue weighted by molar-refractivity contribution is 7.81. The van der Waals surface area contributed by atoms with Gasteiger partial charge in [0.2, 0.25) is 41.8 Å². The van der Waals surface area contributed by atoms with E-state index in [2.05, 4.69) is 103 Å². The fourth-order valence-corrected chi connectivity index (χ4v) is 8.55. The Morgan fingerprint density at radius 2 is 1.55 bits per heavy atom. The summed E-state index contributed by atoms with van der Waals surface area (Å²) in [7, 11) is 1.00. The summed E-state index contributed by atoms with van der Waals surface area (Å²) in [5, 5.41) is 38.9. The fourth-order valence-electron chi connectivity index (χ4n) is 7.12. The van der Waals surface area contributed by atoms with E-state index < -0.39 is 5.25 Å². The Morgan fingerprint density at radius 3 is 2.14 bits per heavy atom. The van der Waals surface area contributed by atoms with Crippen molar-refractivity contribution in [1.82, 2.24) is 56.8 Å². The zero-order chi connectivity index (χ0) is 60.0. The zero-order valence-corrected chi connectivity index (χ0v) is 49.3. The standard InChI is InChI=1S/C27H27ClN12O3S.C15H25N3O4S.C6H14.C3H8.CH4O.CH2O/c28-22-14(3-6-18-21(22)23(29)36-27(30)35-18)12-33-20-8-7-19(44-20)26(43)32-10-2-1-9-31-25(42)16-5-4-15(34-13-41)11-17(16)24-37-39-40-38-24;1-10(2)17-13(20)9-16-12(19)6-4-3-5-7-18-14(21)8-11(23)15(18)22;1-3-5-6-4-2;1-3-2;2*1-2/h3-8,11,13,33H,1-2,9-10,12H2,(H,31,42)(H,32,43)(H,34,41)(H4,29,30,35,36)(H,37,38,39,40);10-11,23H,3-9H2,1-2H3,(H,16,19)(H,17,20);3-6H2,1-2H3;3H2,1-2H3;2H,1H3;1H2. The lowest BCUT2D eigenvalue weighted by molar-refractivity contribution is -0.138. The Kier molecular flexibility index (Phi) is 36.1. The molecular weight excluding hydrogens is 1090 g/mol. The van der Waals surface area contributed by atoms with Gasteiger partial charge in [-0.2, -0.15) is 22.8 Å². The van der Waals surface area contributed by atoms with Crippen molar-refractivity contribution < 1.29 is 43.5 Å². The van der Waals surface area contributed by atoms with Crippen LogP contribution in [0.1, 0.15) is 144 Å². The van der Waals surface area contributed by atoms with E-state index in [1.807, 2.05) is 32.8 Å². The number of nitrogens with zero attached hydrogens (tertiary/aromatic N) is 6. The first-order valence-corrected chi connectivity index (χ1v) is 28.0. The molecule has 80 heavy (non-hydrogen) atoms. The molecule has 1 saturated heterocycles. The van der Waals surface area contributed by atoms with Crippen LogP contribution in [-0.4, -0.2) is 134 Å². The molecule has 5 aromatic rings. The van der Waals surface area contributed by atoms with Crippen molar-refractivity contribution in [3.8, 4) is 11.4 Å². The molecule has 0 saturated carbocycles. The Morgan fingerprint density at radius 1 is 0.887 bits per heavy atom. The largest absolute Gasteiger partial charge is 0.400 e. The van der Waals surface area contributed by atoms with E-state index in [4.69, 9.17) is 33.0 Å². The number of unbranched alkanes of at least 4 members (excludes halogenated alkanes) is 6. The van der Waals surface area contributed by atoms with Crippen LogP contribution in [0.3, 0.4) is 0 Å². The molecule has 0 spiro atoms. The number of aliphatic hydroxyl groups excluding tert-OH is 1. The number of rotatable bonds is 25. The second kappa shape index (κ2) is 40.8. The van der Waals surface area contributed by atoms with Crippen molar-refractivity contribution in [2.45, 2.75) is 136 Å². The highest BCUT2D eigenvalue weighted by Gasteiger charge is 2.35. The van der Waals surface area contributed by atoms with Gasteiger partial charge in [0.25, 0.3) is 11.8 Å². The van der Waals surface area contributed by atoms with Crippen LogP contribution in [0.25, 0.3) is 22.3 Å². The van der Waals surface area contributed by atoms with Crippen LogP contribution < -0.4 is 43.4 Å². The predicted octanol–water partition coefficient (Wildman–Crippen LogP) is 6.48. The molecule has 3 aromatic heterocycles. The van der Waals surface area contributed by atoms with Crippen molar-refractivity contribution in [3.05, 3.63) is 63.5 Å². The van der Waals surface area contributed by atoms with E-state index in [1.54, 1.807) is 30.3 Å². The number of likely N-dealkylation sites (tertiary alicyclic amines) is 1. The second-order valence-electron chi connectivity index (χ2n) is 17.7. The van der Waals surface area contributed by atoms with Crippen LogP contribution in [0.4, 0.5) is 22.5 Å². The number of thiol groups is 1. The number of aromatic nitrogens is 6. The second-order valence-corrected chi connectivity index (χ2v) is 19.8. The van der Waals surface area contributed by atoms with Crippen LogP contribution in [0, 0.1) is 0 Å². The molecule has 1 unspecified atom stereocenters. The van der Waals surface area contributed by atoms with Gasteiger partial charge in [-0.1, -0.05) is 83.9 Å². The lowest BCUT2D eigenvalue weighted by Gasteiger charge is -2.13. The first kappa shape index (κ1) is 70.7. The summed E-state index contributed by atoms with van der Waals surface area (Å²) in [4.78, 5) is 100. The number of carbonyl (C=O) groups is 8. The zero-order valence-electron chi connectivity index (χ0n) is 46.8. The molecule has 1 aliphatic rings. The van der Waals surface area contributed by atoms with E-state index in [0.29, 0.717) is 102 Å². The van der Waals surface area contributed by atoms with Gasteiger partial charge in [0.05, 0.1) is 43.2 Å². The normalized spacial score (nSPS) is 12.1. The molecule has 0 radical (unpaired) electrons. The number of fused-ring (bicyclic) bond motifs is 1. The van der Waals surface area contributed by atoms with Gasteiger partial charge in [-0.3, -0.25) is 38.5 Å². The molecule has 4 heterocycles. The average molecular weight is 1170 g/mol. The van der Waals surface area contributed by atoms with Crippen molar-refractivity contribution in [1.29, 1.82) is 0 Å². The summed E-state index contributed by atoms with van der Waals surface area (Å²) in [5.41, 5.74) is 14.3. The third kappa shape index (κ3) is 25.7. The lowest BCUT2D eigenvalue weighted by atomic mass is 10.0. The smallest absolute Gasteiger partial charge is 0.261 e. The summed E-state index contributed by atoms with van der Waals surface area (Å²) in [6.07, 6.45) is 11.2. The number of tetrazole rings is 1. The number of benzene rings is 2. The van der Waals surface area contributed by atoms with Crippen LogP contribution in [-0.2, 0) is 35.3 Å². The monoisotopic (exact) mass is 1170 g/mol. The Hall–Kier alpha value is -7.29. The molecule has 6 rings (SSSR count). The van der Waals surface area contributed by atoms with Gasteiger partial charge in [-0.25, -0.2) is 4.98 Å². The van der Waals surface area contributed by atoms with Gasteiger partial charge in [0.15, 0.2) is 0 Å². The molecule has 24 nitrogen and oxygen atoms in total. The molecule has 12 N–H and O–H groups in total. The highest BCUT2D eigenvalue weighted by atomic mass is 35.5. The number of carbonyl (C=O) groups excluding carboxylic acids is 8. The number of hydrogen-bond acceptors (Lipinski definition) is 19. The molecule has 1 fully saturated rings.